The average Bonchev–Trinajstić information content (AvgIpc) is 2.17. The molecule has 0 radical (unpaired) electrons. The highest BCUT2D eigenvalue weighted by atomic mass is 16.5. The Balaban J connectivity index is 2.26. The van der Waals surface area contributed by atoms with Crippen molar-refractivity contribution in [2.75, 3.05) is 20.7 Å². The summed E-state index contributed by atoms with van der Waals surface area (Å²) >= 11 is 0. The van der Waals surface area contributed by atoms with Gasteiger partial charge in [0.05, 0.1) is 27.1 Å². The SMILES string of the molecule is C[N+]1(C)C(=O)CCOC12CCCCC2. The van der Waals surface area contributed by atoms with Crippen LogP contribution in [0.25, 0.3) is 0 Å². The zero-order valence-electron chi connectivity index (χ0n) is 9.21. The molecule has 3 heteroatoms. The molecule has 1 spiro atoms. The van der Waals surface area contributed by atoms with Gasteiger partial charge in [0.25, 0.3) is 0 Å². The Morgan fingerprint density at radius 2 is 1.86 bits per heavy atom. The molecule has 1 aliphatic carbocycles. The lowest BCUT2D eigenvalue weighted by Gasteiger charge is -2.50. The number of carbonyl (C=O) groups is 1. The molecule has 0 aromatic heterocycles. The highest BCUT2D eigenvalue weighted by Gasteiger charge is 2.54. The molecule has 1 heterocycles. The van der Waals surface area contributed by atoms with E-state index in [9.17, 15) is 4.79 Å². The van der Waals surface area contributed by atoms with E-state index in [-0.39, 0.29) is 5.72 Å². The second-order valence-corrected chi connectivity index (χ2v) is 4.95. The fraction of sp³-hybridized carbons (Fsp3) is 0.909. The molecule has 0 aromatic rings. The Morgan fingerprint density at radius 1 is 1.21 bits per heavy atom. The quantitative estimate of drug-likeness (QED) is 0.553. The van der Waals surface area contributed by atoms with Crippen molar-refractivity contribution < 1.29 is 14.0 Å². The highest BCUT2D eigenvalue weighted by molar-refractivity contribution is 5.69. The van der Waals surface area contributed by atoms with Crippen LogP contribution in [0.5, 0.6) is 0 Å². The van der Waals surface area contributed by atoms with Gasteiger partial charge in [0.15, 0.2) is 0 Å². The first-order chi connectivity index (χ1) is 6.58. The molecule has 0 N–H and O–H groups in total. The number of carbonyl (C=O) groups excluding carboxylic acids is 1. The fourth-order valence-electron chi connectivity index (χ4n) is 2.80. The van der Waals surface area contributed by atoms with E-state index in [2.05, 4.69) is 0 Å². The van der Waals surface area contributed by atoms with Crippen molar-refractivity contribution in [3.05, 3.63) is 0 Å². The van der Waals surface area contributed by atoms with Crippen molar-refractivity contribution in [1.29, 1.82) is 0 Å². The van der Waals surface area contributed by atoms with E-state index < -0.39 is 0 Å². The molecular formula is C11H20NO2+. The standard InChI is InChI=1S/C11H20NO2/c1-12(2)10(13)6-9-14-11(12)7-4-3-5-8-11/h3-9H2,1-2H3/q+1. The number of nitrogens with zero attached hydrogens (tertiary/aromatic N) is 1. The van der Waals surface area contributed by atoms with Gasteiger partial charge in [-0.25, -0.2) is 9.28 Å². The van der Waals surface area contributed by atoms with Crippen molar-refractivity contribution >= 4 is 5.91 Å². The number of ether oxygens (including phenoxy) is 1. The molecular weight excluding hydrogens is 178 g/mol. The van der Waals surface area contributed by atoms with Gasteiger partial charge in [-0.1, -0.05) is 6.42 Å². The summed E-state index contributed by atoms with van der Waals surface area (Å²) in [6, 6.07) is 0. The normalized spacial score (nSPS) is 30.6. The highest BCUT2D eigenvalue weighted by Crippen LogP contribution is 2.40. The summed E-state index contributed by atoms with van der Waals surface area (Å²) in [6.07, 6.45) is 6.37. The van der Waals surface area contributed by atoms with Gasteiger partial charge in [-0.15, -0.1) is 0 Å². The zero-order valence-corrected chi connectivity index (χ0v) is 9.21. The molecule has 2 rings (SSSR count). The first-order valence-electron chi connectivity index (χ1n) is 5.60. The molecule has 1 saturated heterocycles. The van der Waals surface area contributed by atoms with Crippen molar-refractivity contribution in [3.8, 4) is 0 Å². The molecule has 80 valence electrons. The Kier molecular flexibility index (Phi) is 2.40. The topological polar surface area (TPSA) is 26.3 Å². The molecule has 0 bridgehead atoms. The van der Waals surface area contributed by atoms with Crippen LogP contribution in [-0.4, -0.2) is 36.8 Å². The molecule has 0 aromatic carbocycles. The molecule has 3 nitrogen and oxygen atoms in total. The maximum absolute atomic E-state index is 11.9. The van der Waals surface area contributed by atoms with Crippen molar-refractivity contribution in [2.24, 2.45) is 0 Å². The zero-order chi connectivity index (χ0) is 10.2. The second kappa shape index (κ2) is 3.31. The predicted octanol–water partition coefficient (Wildman–Crippen LogP) is 1.67. The van der Waals surface area contributed by atoms with Gasteiger partial charge in [0.2, 0.25) is 5.72 Å². The Morgan fingerprint density at radius 3 is 2.50 bits per heavy atom. The monoisotopic (exact) mass is 198 g/mol. The third kappa shape index (κ3) is 1.30. The summed E-state index contributed by atoms with van der Waals surface area (Å²) < 4.78 is 6.38. The van der Waals surface area contributed by atoms with Gasteiger partial charge in [-0.05, 0) is 12.8 Å². The van der Waals surface area contributed by atoms with Gasteiger partial charge < -0.3 is 4.74 Å². The molecule has 0 atom stereocenters. The van der Waals surface area contributed by atoms with Gasteiger partial charge in [-0.2, -0.15) is 0 Å². The number of hydrogen-bond donors (Lipinski definition) is 0. The van der Waals surface area contributed by atoms with Crippen molar-refractivity contribution in [3.63, 3.8) is 0 Å². The molecule has 14 heavy (non-hydrogen) atoms. The van der Waals surface area contributed by atoms with Crippen molar-refractivity contribution in [2.45, 2.75) is 44.2 Å². The van der Waals surface area contributed by atoms with E-state index in [1.54, 1.807) is 0 Å². The van der Waals surface area contributed by atoms with Crippen LogP contribution >= 0.6 is 0 Å². The summed E-state index contributed by atoms with van der Waals surface area (Å²) in [5.41, 5.74) is -0.187. The van der Waals surface area contributed by atoms with E-state index in [0.717, 1.165) is 12.8 Å². The van der Waals surface area contributed by atoms with Crippen LogP contribution in [0.2, 0.25) is 0 Å². The summed E-state index contributed by atoms with van der Waals surface area (Å²) in [4.78, 5) is 11.9. The number of amides is 1. The van der Waals surface area contributed by atoms with Gasteiger partial charge in [0, 0.05) is 12.8 Å². The summed E-state index contributed by atoms with van der Waals surface area (Å²) in [5.74, 6) is 0.332. The minimum absolute atomic E-state index is 0.187. The summed E-state index contributed by atoms with van der Waals surface area (Å²) in [5, 5.41) is 0. The van der Waals surface area contributed by atoms with E-state index in [0.29, 0.717) is 23.4 Å². The molecule has 2 aliphatic rings. The van der Waals surface area contributed by atoms with E-state index in [4.69, 9.17) is 4.74 Å². The Labute approximate surface area is 85.6 Å². The minimum atomic E-state index is -0.187. The van der Waals surface area contributed by atoms with E-state index in [1.807, 2.05) is 14.1 Å². The average molecular weight is 198 g/mol. The van der Waals surface area contributed by atoms with E-state index in [1.165, 1.54) is 19.3 Å². The Bertz CT molecular complexity index is 236. The second-order valence-electron chi connectivity index (χ2n) is 4.95. The van der Waals surface area contributed by atoms with Crippen LogP contribution in [0, 0.1) is 0 Å². The smallest absolute Gasteiger partial charge is 0.317 e. The van der Waals surface area contributed by atoms with Crippen LogP contribution in [0.15, 0.2) is 0 Å². The van der Waals surface area contributed by atoms with Gasteiger partial charge in [0.1, 0.15) is 0 Å². The lowest BCUT2D eigenvalue weighted by molar-refractivity contribution is -0.908. The number of quaternary nitrogens is 1. The largest absolute Gasteiger partial charge is 0.326 e. The summed E-state index contributed by atoms with van der Waals surface area (Å²) in [6.45, 7) is 0.626. The third-order valence-electron chi connectivity index (χ3n) is 3.96. The van der Waals surface area contributed by atoms with Gasteiger partial charge >= 0.3 is 5.91 Å². The molecule has 2 fully saturated rings. The van der Waals surface area contributed by atoms with Crippen LogP contribution in [-0.2, 0) is 9.53 Å². The van der Waals surface area contributed by atoms with E-state index >= 15 is 0 Å². The fourth-order valence-corrected chi connectivity index (χ4v) is 2.80. The maximum Gasteiger partial charge on any atom is 0.317 e. The number of hydrogen-bond acceptors (Lipinski definition) is 2. The molecule has 1 saturated carbocycles. The minimum Gasteiger partial charge on any atom is -0.326 e. The lowest BCUT2D eigenvalue weighted by Crippen LogP contribution is -2.67. The number of rotatable bonds is 0. The first-order valence-corrected chi connectivity index (χ1v) is 5.60. The molecule has 0 unspecified atom stereocenters. The molecule has 1 amide bonds. The lowest BCUT2D eigenvalue weighted by atomic mass is 9.87. The van der Waals surface area contributed by atoms with Crippen LogP contribution in [0.1, 0.15) is 38.5 Å². The predicted molar refractivity (Wildman–Crippen MR) is 53.5 cm³/mol. The van der Waals surface area contributed by atoms with Gasteiger partial charge in [-0.3, -0.25) is 0 Å². The third-order valence-corrected chi connectivity index (χ3v) is 3.96. The van der Waals surface area contributed by atoms with Crippen LogP contribution in [0.4, 0.5) is 0 Å². The molecule has 1 aliphatic heterocycles. The maximum atomic E-state index is 11.9. The first kappa shape index (κ1) is 10.1. The van der Waals surface area contributed by atoms with Crippen LogP contribution in [0.3, 0.4) is 0 Å². The Hall–Kier alpha value is -0.410. The summed E-state index contributed by atoms with van der Waals surface area (Å²) in [7, 11) is 4.01. The van der Waals surface area contributed by atoms with Crippen molar-refractivity contribution in [1.82, 2.24) is 0 Å². The van der Waals surface area contributed by atoms with Crippen LogP contribution < -0.4 is 0 Å².